The Balaban J connectivity index is 1.92. The summed E-state index contributed by atoms with van der Waals surface area (Å²) in [4.78, 5) is 47.8. The summed E-state index contributed by atoms with van der Waals surface area (Å²) >= 11 is 0. The monoisotopic (exact) mass is 562 g/mol. The molecule has 13 nitrogen and oxygen atoms in total. The first-order valence-corrected chi connectivity index (χ1v) is 12.3. The third kappa shape index (κ3) is 6.36. The molecule has 3 aromatic carbocycles. The fraction of sp³-hybridized carbons (Fsp3) is 0.179. The fourth-order valence-corrected chi connectivity index (χ4v) is 4.26. The van der Waals surface area contributed by atoms with Gasteiger partial charge in [-0.05, 0) is 41.8 Å². The number of nitrogens with one attached hydrogen (secondary N) is 3. The maximum absolute atomic E-state index is 13.0. The summed E-state index contributed by atoms with van der Waals surface area (Å²) in [5, 5.41) is 20.3. The van der Waals surface area contributed by atoms with Crippen molar-refractivity contribution in [3.05, 3.63) is 93.5 Å². The molecule has 3 aromatic rings. The molecule has 0 radical (unpaired) electrons. The van der Waals surface area contributed by atoms with E-state index in [1.54, 1.807) is 31.2 Å². The van der Waals surface area contributed by atoms with E-state index >= 15 is 0 Å². The minimum Gasteiger partial charge on any atom is -0.490 e. The standard InChI is InChI=1S/C28H26N4O9/c1-4-40-21-15-18(14-20(32(36)37)25(21)41-28(35)39-3)24-22(16-8-6-5-7-9-16)23(30-26(33)31-24)17-10-12-19(13-11-17)29-27(34)38-2/h5-15,24H,4H2,1-3H3,(H,29,34)(H2,30,31,33). The zero-order chi connectivity index (χ0) is 29.5. The topological polar surface area (TPSA) is 167 Å². The summed E-state index contributed by atoms with van der Waals surface area (Å²) in [6.07, 6.45) is -1.79. The van der Waals surface area contributed by atoms with Crippen molar-refractivity contribution in [3.8, 4) is 11.5 Å². The van der Waals surface area contributed by atoms with E-state index in [9.17, 15) is 24.5 Å². The zero-order valence-electron chi connectivity index (χ0n) is 22.3. The number of anilines is 1. The highest BCUT2D eigenvalue weighted by atomic mass is 16.7. The Labute approximate surface area is 234 Å². The first kappa shape index (κ1) is 28.4. The van der Waals surface area contributed by atoms with Crippen molar-refractivity contribution in [2.45, 2.75) is 13.0 Å². The summed E-state index contributed by atoms with van der Waals surface area (Å²) in [5.41, 5.74) is 2.56. The third-order valence-electron chi connectivity index (χ3n) is 6.00. The van der Waals surface area contributed by atoms with E-state index in [-0.39, 0.29) is 12.4 Å². The molecule has 3 N–H and O–H groups in total. The maximum Gasteiger partial charge on any atom is 0.513 e. The van der Waals surface area contributed by atoms with Crippen LogP contribution in [0.4, 0.5) is 25.8 Å². The number of benzene rings is 3. The smallest absolute Gasteiger partial charge is 0.490 e. The predicted molar refractivity (Wildman–Crippen MR) is 147 cm³/mol. The lowest BCUT2D eigenvalue weighted by molar-refractivity contribution is -0.385. The lowest BCUT2D eigenvalue weighted by atomic mass is 9.87. The van der Waals surface area contributed by atoms with Gasteiger partial charge in [0, 0.05) is 17.3 Å². The van der Waals surface area contributed by atoms with Crippen LogP contribution < -0.4 is 25.4 Å². The van der Waals surface area contributed by atoms with E-state index < -0.39 is 40.7 Å². The lowest BCUT2D eigenvalue weighted by Gasteiger charge is -2.31. The first-order valence-electron chi connectivity index (χ1n) is 12.3. The Bertz CT molecular complexity index is 1500. The van der Waals surface area contributed by atoms with Crippen molar-refractivity contribution < 1.29 is 38.3 Å². The minimum absolute atomic E-state index is 0.0814. The first-order chi connectivity index (χ1) is 19.7. The summed E-state index contributed by atoms with van der Waals surface area (Å²) in [7, 11) is 2.32. The van der Waals surface area contributed by atoms with Crippen molar-refractivity contribution in [2.24, 2.45) is 0 Å². The summed E-state index contributed by atoms with van der Waals surface area (Å²) in [6, 6.07) is 17.0. The predicted octanol–water partition coefficient (Wildman–Crippen LogP) is 5.24. The maximum atomic E-state index is 13.0. The van der Waals surface area contributed by atoms with Gasteiger partial charge in [0.25, 0.3) is 5.75 Å². The Morgan fingerprint density at radius 1 is 1.00 bits per heavy atom. The zero-order valence-corrected chi connectivity index (χ0v) is 22.3. The van der Waals surface area contributed by atoms with E-state index in [1.165, 1.54) is 19.2 Å². The van der Waals surface area contributed by atoms with Crippen LogP contribution in [0.5, 0.6) is 11.5 Å². The van der Waals surface area contributed by atoms with Crippen LogP contribution in [0.25, 0.3) is 11.3 Å². The van der Waals surface area contributed by atoms with Crippen LogP contribution in [0.2, 0.25) is 0 Å². The number of ether oxygens (including phenoxy) is 4. The van der Waals surface area contributed by atoms with E-state index in [2.05, 4.69) is 25.4 Å². The van der Waals surface area contributed by atoms with Crippen molar-refractivity contribution in [1.82, 2.24) is 10.6 Å². The molecule has 3 amide bonds. The Hall–Kier alpha value is -5.59. The van der Waals surface area contributed by atoms with Crippen LogP contribution in [-0.2, 0) is 9.47 Å². The van der Waals surface area contributed by atoms with Crippen LogP contribution in [0.3, 0.4) is 0 Å². The average Bonchev–Trinajstić information content (AvgIpc) is 2.98. The lowest BCUT2D eigenvalue weighted by Crippen LogP contribution is -2.43. The molecule has 1 heterocycles. The van der Waals surface area contributed by atoms with Gasteiger partial charge in [0.1, 0.15) is 0 Å². The number of carbonyl (C=O) groups excluding carboxylic acids is 3. The number of hydrogen-bond acceptors (Lipinski definition) is 9. The number of nitro groups is 1. The number of urea groups is 1. The van der Waals surface area contributed by atoms with E-state index in [1.807, 2.05) is 30.3 Å². The van der Waals surface area contributed by atoms with Crippen LogP contribution in [0.1, 0.15) is 29.7 Å². The SMILES string of the molecule is CCOc1cc(C2NC(=O)NC(c3ccc(NC(=O)OC)cc3)=C2c2ccccc2)cc([N+](=O)[O-])c1OC(=O)OC. The number of nitro benzene ring substituents is 1. The molecule has 1 unspecified atom stereocenters. The van der Waals surface area contributed by atoms with Gasteiger partial charge in [0.05, 0.1) is 37.5 Å². The summed E-state index contributed by atoms with van der Waals surface area (Å²) < 4.78 is 19.8. The van der Waals surface area contributed by atoms with Crippen molar-refractivity contribution in [1.29, 1.82) is 0 Å². The average molecular weight is 563 g/mol. The van der Waals surface area contributed by atoms with Gasteiger partial charge in [-0.15, -0.1) is 0 Å². The molecule has 0 saturated carbocycles. The quantitative estimate of drug-likeness (QED) is 0.144. The van der Waals surface area contributed by atoms with Gasteiger partial charge < -0.3 is 29.6 Å². The number of nitrogens with zero attached hydrogens (tertiary/aromatic N) is 1. The van der Waals surface area contributed by atoms with Crippen LogP contribution >= 0.6 is 0 Å². The fourth-order valence-electron chi connectivity index (χ4n) is 4.26. The summed E-state index contributed by atoms with van der Waals surface area (Å²) in [6.45, 7) is 1.77. The molecule has 1 aliphatic rings. The van der Waals surface area contributed by atoms with Crippen LogP contribution in [0, 0.1) is 10.1 Å². The van der Waals surface area contributed by atoms with Gasteiger partial charge in [-0.3, -0.25) is 15.4 Å². The van der Waals surface area contributed by atoms with Crippen molar-refractivity contribution in [2.75, 3.05) is 26.1 Å². The van der Waals surface area contributed by atoms with Gasteiger partial charge in [0.15, 0.2) is 5.75 Å². The second-order valence-electron chi connectivity index (χ2n) is 8.49. The highest BCUT2D eigenvalue weighted by Gasteiger charge is 2.34. The number of rotatable bonds is 8. The molecule has 13 heteroatoms. The number of methoxy groups -OCH3 is 2. The van der Waals surface area contributed by atoms with Crippen LogP contribution in [0.15, 0.2) is 66.7 Å². The molecule has 1 aliphatic heterocycles. The van der Waals surface area contributed by atoms with Crippen LogP contribution in [-0.4, -0.2) is 44.0 Å². The number of amides is 3. The molecule has 4 rings (SSSR count). The van der Waals surface area contributed by atoms with Gasteiger partial charge in [0.2, 0.25) is 0 Å². The van der Waals surface area contributed by atoms with Crippen molar-refractivity contribution in [3.63, 3.8) is 0 Å². The third-order valence-corrected chi connectivity index (χ3v) is 6.00. The molecular formula is C28H26N4O9. The van der Waals surface area contributed by atoms with Crippen molar-refractivity contribution >= 4 is 40.9 Å². The molecule has 0 fully saturated rings. The molecule has 0 aliphatic carbocycles. The molecule has 212 valence electrons. The molecule has 0 aromatic heterocycles. The molecule has 0 saturated heterocycles. The second kappa shape index (κ2) is 12.5. The van der Waals surface area contributed by atoms with Gasteiger partial charge >= 0.3 is 24.0 Å². The molecule has 0 bridgehead atoms. The molecule has 0 spiro atoms. The highest BCUT2D eigenvalue weighted by molar-refractivity contribution is 6.03. The largest absolute Gasteiger partial charge is 0.513 e. The highest BCUT2D eigenvalue weighted by Crippen LogP contribution is 2.44. The van der Waals surface area contributed by atoms with Gasteiger partial charge in [-0.25, -0.2) is 14.4 Å². The molecule has 1 atom stereocenters. The summed E-state index contributed by atoms with van der Waals surface area (Å²) in [5.74, 6) is -0.506. The molecule has 41 heavy (non-hydrogen) atoms. The second-order valence-corrected chi connectivity index (χ2v) is 8.49. The minimum atomic E-state index is -1.16. The Morgan fingerprint density at radius 2 is 1.71 bits per heavy atom. The Kier molecular flexibility index (Phi) is 8.67. The molecular weight excluding hydrogens is 536 g/mol. The number of hydrogen-bond donors (Lipinski definition) is 3. The van der Waals surface area contributed by atoms with Gasteiger partial charge in [-0.1, -0.05) is 42.5 Å². The van der Waals surface area contributed by atoms with Gasteiger partial charge in [-0.2, -0.15) is 0 Å². The normalized spacial score (nSPS) is 14.3. The van der Waals surface area contributed by atoms with E-state index in [0.717, 1.165) is 7.11 Å². The van der Waals surface area contributed by atoms with E-state index in [4.69, 9.17) is 9.47 Å². The Morgan fingerprint density at radius 3 is 2.32 bits per heavy atom. The number of carbonyl (C=O) groups is 3. The van der Waals surface area contributed by atoms with E-state index in [0.29, 0.717) is 33.6 Å².